The zero-order valence-electron chi connectivity index (χ0n) is 12.6. The molecule has 1 fully saturated rings. The molecule has 1 aromatic rings. The van der Waals surface area contributed by atoms with Gasteiger partial charge in [-0.15, -0.1) is 0 Å². The molecule has 0 amide bonds. The first-order valence-electron chi connectivity index (χ1n) is 7.37. The van der Waals surface area contributed by atoms with Gasteiger partial charge in [-0.25, -0.2) is 13.1 Å². The fraction of sp³-hybridized carbons (Fsp3) is 0.600. The summed E-state index contributed by atoms with van der Waals surface area (Å²) in [6, 6.07) is 3.71. The van der Waals surface area contributed by atoms with E-state index < -0.39 is 10.0 Å². The molecule has 0 aliphatic heterocycles. The average molecular weight is 375 g/mol. The van der Waals surface area contributed by atoms with Gasteiger partial charge in [-0.1, -0.05) is 28.8 Å². The Morgan fingerprint density at radius 3 is 2.67 bits per heavy atom. The molecule has 0 unspecified atom stereocenters. The zero-order valence-corrected chi connectivity index (χ0v) is 15.0. The summed E-state index contributed by atoms with van der Waals surface area (Å²) in [5.41, 5.74) is 1.71. The molecule has 4 nitrogen and oxygen atoms in total. The van der Waals surface area contributed by atoms with E-state index in [1.165, 1.54) is 12.8 Å². The van der Waals surface area contributed by atoms with E-state index in [9.17, 15) is 8.42 Å². The lowest BCUT2D eigenvalue weighted by Crippen LogP contribution is -2.26. The molecule has 1 saturated carbocycles. The smallest absolute Gasteiger partial charge is 0.240 e. The van der Waals surface area contributed by atoms with Crippen LogP contribution < -0.4 is 10.0 Å². The highest BCUT2D eigenvalue weighted by Crippen LogP contribution is 2.33. The lowest BCUT2D eigenvalue weighted by atomic mass is 10.1. The predicted molar refractivity (Wildman–Crippen MR) is 88.8 cm³/mol. The summed E-state index contributed by atoms with van der Waals surface area (Å²) >= 11 is 3.45. The highest BCUT2D eigenvalue weighted by molar-refractivity contribution is 9.10. The van der Waals surface area contributed by atoms with Crippen molar-refractivity contribution in [2.75, 3.05) is 13.6 Å². The van der Waals surface area contributed by atoms with Gasteiger partial charge < -0.3 is 5.32 Å². The van der Waals surface area contributed by atoms with Gasteiger partial charge in [-0.3, -0.25) is 0 Å². The Labute approximate surface area is 135 Å². The van der Waals surface area contributed by atoms with Gasteiger partial charge in [0.1, 0.15) is 0 Å². The van der Waals surface area contributed by atoms with Crippen LogP contribution in [0.25, 0.3) is 0 Å². The molecule has 1 aliphatic rings. The van der Waals surface area contributed by atoms with Crippen molar-refractivity contribution < 1.29 is 8.42 Å². The Kier molecular flexibility index (Phi) is 5.82. The van der Waals surface area contributed by atoms with Gasteiger partial charge in [0.25, 0.3) is 0 Å². The molecule has 6 heteroatoms. The molecule has 0 spiro atoms. The van der Waals surface area contributed by atoms with E-state index in [2.05, 4.69) is 26.0 Å². The lowest BCUT2D eigenvalue weighted by Gasteiger charge is -2.13. The molecule has 0 atom stereocenters. The summed E-state index contributed by atoms with van der Waals surface area (Å²) in [7, 11) is -1.59. The maximum absolute atomic E-state index is 12.5. The Bertz CT molecular complexity index is 598. The normalized spacial score (nSPS) is 15.4. The van der Waals surface area contributed by atoms with Crippen molar-refractivity contribution in [3.05, 3.63) is 27.7 Å². The Balaban J connectivity index is 2.09. The highest BCUT2D eigenvalue weighted by atomic mass is 79.9. The third-order valence-corrected chi connectivity index (χ3v) is 6.22. The van der Waals surface area contributed by atoms with E-state index in [0.29, 0.717) is 18.0 Å². The Morgan fingerprint density at radius 1 is 1.33 bits per heavy atom. The number of rotatable bonds is 8. The van der Waals surface area contributed by atoms with Crippen molar-refractivity contribution >= 4 is 26.0 Å². The van der Waals surface area contributed by atoms with Gasteiger partial charge in [-0.05, 0) is 56.0 Å². The number of benzene rings is 1. The molecule has 2 N–H and O–H groups in total. The maximum atomic E-state index is 12.5. The van der Waals surface area contributed by atoms with Crippen LogP contribution >= 0.6 is 15.9 Å². The second-order valence-electron chi connectivity index (χ2n) is 5.71. The predicted octanol–water partition coefficient (Wildman–Crippen LogP) is 2.95. The first-order valence-corrected chi connectivity index (χ1v) is 9.65. The van der Waals surface area contributed by atoms with Crippen molar-refractivity contribution in [3.63, 3.8) is 0 Å². The molecular weight excluding hydrogens is 352 g/mol. The molecule has 0 saturated heterocycles. The number of hydrogen-bond acceptors (Lipinski definition) is 3. The van der Waals surface area contributed by atoms with E-state index in [4.69, 9.17) is 0 Å². The molecular formula is C15H23BrN2O2S. The van der Waals surface area contributed by atoms with Crippen molar-refractivity contribution in [2.45, 2.75) is 44.0 Å². The lowest BCUT2D eigenvalue weighted by molar-refractivity contribution is 0.571. The Hall–Kier alpha value is -0.430. The van der Waals surface area contributed by atoms with Crippen LogP contribution in [0.15, 0.2) is 21.5 Å². The van der Waals surface area contributed by atoms with Crippen LogP contribution in [0.4, 0.5) is 0 Å². The van der Waals surface area contributed by atoms with Crippen molar-refractivity contribution in [2.24, 2.45) is 5.92 Å². The SMILES string of the molecule is CNCc1cc(Br)c(C)c(S(=O)(=O)NCCCC2CC2)c1. The number of nitrogens with one attached hydrogen (secondary N) is 2. The van der Waals surface area contributed by atoms with Gasteiger partial charge >= 0.3 is 0 Å². The minimum Gasteiger partial charge on any atom is -0.316 e. The number of hydrogen-bond donors (Lipinski definition) is 2. The van der Waals surface area contributed by atoms with E-state index in [-0.39, 0.29) is 0 Å². The van der Waals surface area contributed by atoms with Crippen LogP contribution in [0, 0.1) is 12.8 Å². The quantitative estimate of drug-likeness (QED) is 0.687. The molecule has 0 radical (unpaired) electrons. The third-order valence-electron chi connectivity index (χ3n) is 3.81. The van der Waals surface area contributed by atoms with Gasteiger partial charge in [0, 0.05) is 17.6 Å². The topological polar surface area (TPSA) is 58.2 Å². The van der Waals surface area contributed by atoms with Crippen molar-refractivity contribution in [1.29, 1.82) is 0 Å². The van der Waals surface area contributed by atoms with Crippen LogP contribution in [0.5, 0.6) is 0 Å². The van der Waals surface area contributed by atoms with Gasteiger partial charge in [0.2, 0.25) is 10.0 Å². The minimum absolute atomic E-state index is 0.369. The highest BCUT2D eigenvalue weighted by Gasteiger charge is 2.22. The van der Waals surface area contributed by atoms with Crippen LogP contribution in [0.1, 0.15) is 36.8 Å². The summed E-state index contributed by atoms with van der Waals surface area (Å²) in [4.78, 5) is 0.369. The zero-order chi connectivity index (χ0) is 15.5. The average Bonchev–Trinajstić information content (AvgIpc) is 3.23. The molecule has 0 bridgehead atoms. The fourth-order valence-corrected chi connectivity index (χ4v) is 4.40. The molecule has 0 heterocycles. The van der Waals surface area contributed by atoms with Gasteiger partial charge in [0.15, 0.2) is 0 Å². The van der Waals surface area contributed by atoms with Crippen LogP contribution in [-0.4, -0.2) is 22.0 Å². The number of halogens is 1. The first-order chi connectivity index (χ1) is 9.94. The standard InChI is InChI=1S/C15H23BrN2O2S/c1-11-14(16)8-13(10-17-2)9-15(11)21(19,20)18-7-3-4-12-5-6-12/h8-9,12,17-18H,3-7,10H2,1-2H3. The summed E-state index contributed by atoms with van der Waals surface area (Å²) in [6.45, 7) is 2.99. The van der Waals surface area contributed by atoms with Gasteiger partial charge in [0.05, 0.1) is 4.90 Å². The molecule has 1 aliphatic carbocycles. The molecule has 21 heavy (non-hydrogen) atoms. The fourth-order valence-electron chi connectivity index (χ4n) is 2.37. The Morgan fingerprint density at radius 2 is 2.05 bits per heavy atom. The van der Waals surface area contributed by atoms with E-state index in [1.807, 2.05) is 20.0 Å². The van der Waals surface area contributed by atoms with E-state index >= 15 is 0 Å². The van der Waals surface area contributed by atoms with Crippen LogP contribution in [0.3, 0.4) is 0 Å². The molecule has 2 rings (SSSR count). The maximum Gasteiger partial charge on any atom is 0.240 e. The minimum atomic E-state index is -3.44. The molecule has 118 valence electrons. The van der Waals surface area contributed by atoms with E-state index in [0.717, 1.165) is 34.4 Å². The van der Waals surface area contributed by atoms with Gasteiger partial charge in [-0.2, -0.15) is 0 Å². The third kappa shape index (κ3) is 4.77. The van der Waals surface area contributed by atoms with Crippen molar-refractivity contribution in [3.8, 4) is 0 Å². The molecule has 0 aromatic heterocycles. The van der Waals surface area contributed by atoms with E-state index in [1.54, 1.807) is 6.07 Å². The molecule has 1 aromatic carbocycles. The van der Waals surface area contributed by atoms with Crippen LogP contribution in [0.2, 0.25) is 0 Å². The second kappa shape index (κ2) is 7.22. The summed E-state index contributed by atoms with van der Waals surface area (Å²) in [6.07, 6.45) is 4.67. The summed E-state index contributed by atoms with van der Waals surface area (Å²) < 4.78 is 28.5. The van der Waals surface area contributed by atoms with Crippen LogP contribution in [-0.2, 0) is 16.6 Å². The first kappa shape index (κ1) is 16.9. The number of sulfonamides is 1. The summed E-state index contributed by atoms with van der Waals surface area (Å²) in [5.74, 6) is 0.837. The largest absolute Gasteiger partial charge is 0.316 e. The van der Waals surface area contributed by atoms with Crippen molar-refractivity contribution in [1.82, 2.24) is 10.0 Å². The second-order valence-corrected chi connectivity index (χ2v) is 8.30. The monoisotopic (exact) mass is 374 g/mol. The summed E-state index contributed by atoms with van der Waals surface area (Å²) in [5, 5.41) is 3.04.